The molecule has 3 rings (SSSR count). The van der Waals surface area contributed by atoms with Crippen molar-refractivity contribution < 1.29 is 27.9 Å². The number of anilines is 1. The van der Waals surface area contributed by atoms with Gasteiger partial charge in [0.1, 0.15) is 11.7 Å². The van der Waals surface area contributed by atoms with E-state index in [9.17, 15) is 32.7 Å². The fourth-order valence-electron chi connectivity index (χ4n) is 3.74. The van der Waals surface area contributed by atoms with Crippen molar-refractivity contribution in [2.75, 3.05) is 23.9 Å². The molecular weight excluding hydrogens is 523 g/mol. The summed E-state index contributed by atoms with van der Waals surface area (Å²) in [6.45, 7) is 1.83. The number of aliphatic carboxylic acids is 1. The number of amides is 2. The lowest BCUT2D eigenvalue weighted by Gasteiger charge is -2.16. The van der Waals surface area contributed by atoms with Gasteiger partial charge < -0.3 is 25.6 Å². The molecule has 204 valence electrons. The Morgan fingerprint density at radius 1 is 1.18 bits per heavy atom. The Bertz CT molecular complexity index is 1360. The number of alkyl halides is 3. The number of carbonyl (C=O) groups excluding carboxylic acids is 1. The van der Waals surface area contributed by atoms with Crippen LogP contribution in [0, 0.1) is 6.92 Å². The SMILES string of the molecule is CSCC[C@H](NC(=O)NCCn1c(=O)c(C)nc2ccc(NCc3cccc(C(F)(F)F)c3)cc21)C(=O)O. The van der Waals surface area contributed by atoms with E-state index in [1.54, 1.807) is 31.2 Å². The van der Waals surface area contributed by atoms with Crippen LogP contribution in [0.4, 0.5) is 23.7 Å². The number of thioether (sulfide) groups is 1. The smallest absolute Gasteiger partial charge is 0.416 e. The quantitative estimate of drug-likeness (QED) is 0.285. The molecule has 0 bridgehead atoms. The second-order valence-corrected chi connectivity index (χ2v) is 9.47. The Morgan fingerprint density at radius 2 is 1.95 bits per heavy atom. The van der Waals surface area contributed by atoms with Crippen molar-refractivity contribution in [3.05, 3.63) is 69.6 Å². The van der Waals surface area contributed by atoms with Gasteiger partial charge in [-0.05, 0) is 61.2 Å². The minimum Gasteiger partial charge on any atom is -0.480 e. The van der Waals surface area contributed by atoms with Gasteiger partial charge in [0.05, 0.1) is 16.6 Å². The predicted octanol–water partition coefficient (Wildman–Crippen LogP) is 3.84. The molecule has 2 aromatic carbocycles. The molecule has 13 heteroatoms. The Kier molecular flexibility index (Phi) is 9.61. The molecule has 0 fully saturated rings. The standard InChI is InChI=1S/C25H28F3N5O4S/c1-15-22(34)33(10-9-29-24(37)32-20(23(35)36)8-11-38-2)21-13-18(6-7-19(21)31-15)30-14-16-4-3-5-17(12-16)25(26,27)28/h3-7,12-13,20,30H,8-11,14H2,1-2H3,(H,35,36)(H2,29,32,37)/t20-/m0/s1. The first-order valence-corrected chi connectivity index (χ1v) is 13.1. The third-order valence-corrected chi connectivity index (χ3v) is 6.34. The van der Waals surface area contributed by atoms with Gasteiger partial charge in [-0.1, -0.05) is 12.1 Å². The summed E-state index contributed by atoms with van der Waals surface area (Å²) < 4.78 is 40.4. The monoisotopic (exact) mass is 551 g/mol. The zero-order chi connectivity index (χ0) is 27.9. The zero-order valence-corrected chi connectivity index (χ0v) is 21.6. The highest BCUT2D eigenvalue weighted by Gasteiger charge is 2.30. The van der Waals surface area contributed by atoms with Gasteiger partial charge in [0.2, 0.25) is 0 Å². The van der Waals surface area contributed by atoms with E-state index >= 15 is 0 Å². The lowest BCUT2D eigenvalue weighted by molar-refractivity contribution is -0.139. The highest BCUT2D eigenvalue weighted by molar-refractivity contribution is 7.98. The molecule has 4 N–H and O–H groups in total. The average molecular weight is 552 g/mol. The van der Waals surface area contributed by atoms with Gasteiger partial charge in [0, 0.05) is 25.3 Å². The molecule has 38 heavy (non-hydrogen) atoms. The molecular formula is C25H28F3N5O4S. The van der Waals surface area contributed by atoms with Gasteiger partial charge in [-0.25, -0.2) is 14.6 Å². The van der Waals surface area contributed by atoms with Crippen LogP contribution in [0.5, 0.6) is 0 Å². The molecule has 2 amide bonds. The van der Waals surface area contributed by atoms with Crippen LogP contribution >= 0.6 is 11.8 Å². The lowest BCUT2D eigenvalue weighted by Crippen LogP contribution is -2.47. The molecule has 0 spiro atoms. The van der Waals surface area contributed by atoms with Crippen LogP contribution in [-0.4, -0.2) is 51.3 Å². The maximum Gasteiger partial charge on any atom is 0.416 e. The molecule has 9 nitrogen and oxygen atoms in total. The number of hydrogen-bond donors (Lipinski definition) is 4. The summed E-state index contributed by atoms with van der Waals surface area (Å²) in [7, 11) is 0. The molecule has 0 saturated carbocycles. The number of carboxylic acid groups (broad SMARTS) is 1. The number of aryl methyl sites for hydroxylation is 1. The number of rotatable bonds is 11. The number of carbonyl (C=O) groups is 2. The summed E-state index contributed by atoms with van der Waals surface area (Å²) in [5.41, 5.74) is 1.16. The fourth-order valence-corrected chi connectivity index (χ4v) is 4.22. The second kappa shape index (κ2) is 12.7. The van der Waals surface area contributed by atoms with Crippen LogP contribution in [0.2, 0.25) is 0 Å². The maximum atomic E-state index is 13.0. The van der Waals surface area contributed by atoms with E-state index in [2.05, 4.69) is 20.9 Å². The van der Waals surface area contributed by atoms with Crippen LogP contribution < -0.4 is 21.5 Å². The highest BCUT2D eigenvalue weighted by Crippen LogP contribution is 2.29. The summed E-state index contributed by atoms with van der Waals surface area (Å²) in [6, 6.07) is 8.38. The molecule has 0 saturated heterocycles. The Balaban J connectivity index is 1.72. The summed E-state index contributed by atoms with van der Waals surface area (Å²) in [4.78, 5) is 40.7. The van der Waals surface area contributed by atoms with Crippen LogP contribution in [0.1, 0.15) is 23.2 Å². The molecule has 0 aliphatic heterocycles. The van der Waals surface area contributed by atoms with Crippen LogP contribution in [0.3, 0.4) is 0 Å². The first-order valence-electron chi connectivity index (χ1n) is 11.7. The number of carboxylic acids is 1. The largest absolute Gasteiger partial charge is 0.480 e. The van der Waals surface area contributed by atoms with E-state index < -0.39 is 29.8 Å². The van der Waals surface area contributed by atoms with Gasteiger partial charge >= 0.3 is 18.2 Å². The van der Waals surface area contributed by atoms with E-state index in [1.165, 1.54) is 22.4 Å². The number of nitrogens with one attached hydrogen (secondary N) is 3. The number of urea groups is 1. The number of hydrogen-bond acceptors (Lipinski definition) is 6. The van der Waals surface area contributed by atoms with Crippen molar-refractivity contribution >= 4 is 40.5 Å². The minimum atomic E-state index is -4.44. The Labute approximate surface area is 220 Å². The van der Waals surface area contributed by atoms with Crippen molar-refractivity contribution in [2.45, 2.75) is 38.7 Å². The lowest BCUT2D eigenvalue weighted by atomic mass is 10.1. The zero-order valence-electron chi connectivity index (χ0n) is 20.8. The number of aromatic nitrogens is 2. The summed E-state index contributed by atoms with van der Waals surface area (Å²) in [5, 5.41) is 17.3. The molecule has 1 heterocycles. The summed E-state index contributed by atoms with van der Waals surface area (Å²) in [5.74, 6) is -0.565. The van der Waals surface area contributed by atoms with E-state index in [0.717, 1.165) is 12.1 Å². The molecule has 3 aromatic rings. The number of halogens is 3. The van der Waals surface area contributed by atoms with Crippen LogP contribution in [-0.2, 0) is 24.1 Å². The van der Waals surface area contributed by atoms with Gasteiger partial charge in [0.15, 0.2) is 0 Å². The molecule has 1 atom stereocenters. The normalized spacial score (nSPS) is 12.2. The Hall–Kier alpha value is -3.74. The van der Waals surface area contributed by atoms with Crippen LogP contribution in [0.25, 0.3) is 11.0 Å². The predicted molar refractivity (Wildman–Crippen MR) is 140 cm³/mol. The van der Waals surface area contributed by atoms with Crippen molar-refractivity contribution in [2.24, 2.45) is 0 Å². The molecule has 0 aliphatic carbocycles. The molecule has 0 unspecified atom stereocenters. The number of fused-ring (bicyclic) bond motifs is 1. The van der Waals surface area contributed by atoms with E-state index in [-0.39, 0.29) is 37.3 Å². The number of benzene rings is 2. The van der Waals surface area contributed by atoms with Crippen molar-refractivity contribution in [1.82, 2.24) is 20.2 Å². The van der Waals surface area contributed by atoms with Crippen LogP contribution in [0.15, 0.2) is 47.3 Å². The van der Waals surface area contributed by atoms with Crippen molar-refractivity contribution in [3.8, 4) is 0 Å². The number of nitrogens with zero attached hydrogens (tertiary/aromatic N) is 2. The third-order valence-electron chi connectivity index (χ3n) is 5.70. The molecule has 0 aliphatic rings. The first kappa shape index (κ1) is 28.8. The van der Waals surface area contributed by atoms with E-state index in [4.69, 9.17) is 0 Å². The molecule has 0 radical (unpaired) electrons. The average Bonchev–Trinajstić information content (AvgIpc) is 2.87. The maximum absolute atomic E-state index is 13.0. The van der Waals surface area contributed by atoms with Gasteiger partial charge in [0.25, 0.3) is 5.56 Å². The highest BCUT2D eigenvalue weighted by atomic mass is 32.2. The minimum absolute atomic E-state index is 0.0427. The topological polar surface area (TPSA) is 125 Å². The van der Waals surface area contributed by atoms with E-state index in [1.807, 2.05) is 6.26 Å². The van der Waals surface area contributed by atoms with Crippen molar-refractivity contribution in [1.29, 1.82) is 0 Å². The molecule has 1 aromatic heterocycles. The Morgan fingerprint density at radius 3 is 2.63 bits per heavy atom. The van der Waals surface area contributed by atoms with E-state index in [0.29, 0.717) is 28.0 Å². The third kappa shape index (κ3) is 7.63. The first-order chi connectivity index (χ1) is 18.0. The second-order valence-electron chi connectivity index (χ2n) is 8.48. The van der Waals surface area contributed by atoms with Gasteiger partial charge in [-0.2, -0.15) is 24.9 Å². The van der Waals surface area contributed by atoms with Gasteiger partial charge in [-0.3, -0.25) is 4.79 Å². The summed E-state index contributed by atoms with van der Waals surface area (Å²) in [6.07, 6.45) is -2.33. The fraction of sp³-hybridized carbons (Fsp3) is 0.360. The summed E-state index contributed by atoms with van der Waals surface area (Å²) >= 11 is 1.47. The van der Waals surface area contributed by atoms with Crippen molar-refractivity contribution in [3.63, 3.8) is 0 Å². The van der Waals surface area contributed by atoms with Gasteiger partial charge in [-0.15, -0.1) is 0 Å².